The number of aromatic nitrogens is 2. The molecule has 2 aromatic rings. The summed E-state index contributed by atoms with van der Waals surface area (Å²) in [5.41, 5.74) is 0.998. The summed E-state index contributed by atoms with van der Waals surface area (Å²) in [7, 11) is 0. The molecule has 0 saturated carbocycles. The smallest absolute Gasteiger partial charge is 0.227 e. The van der Waals surface area contributed by atoms with Gasteiger partial charge in [-0.25, -0.2) is 4.98 Å². The fraction of sp³-hybridized carbons (Fsp3) is 0.474. The molecule has 8 heteroatoms. The molecule has 0 bridgehead atoms. The minimum Gasteiger partial charge on any atom is -0.378 e. The van der Waals surface area contributed by atoms with Gasteiger partial charge in [-0.05, 0) is 24.6 Å². The van der Waals surface area contributed by atoms with Crippen LogP contribution in [0.3, 0.4) is 0 Å². The summed E-state index contributed by atoms with van der Waals surface area (Å²) in [6.45, 7) is 5.81. The summed E-state index contributed by atoms with van der Waals surface area (Å²) in [6, 6.07) is 7.94. The van der Waals surface area contributed by atoms with Gasteiger partial charge in [-0.3, -0.25) is 4.90 Å². The molecule has 2 aliphatic rings. The monoisotopic (exact) mass is 407 g/mol. The van der Waals surface area contributed by atoms with Crippen LogP contribution in [-0.4, -0.2) is 60.3 Å². The zero-order valence-corrected chi connectivity index (χ0v) is 16.6. The summed E-state index contributed by atoms with van der Waals surface area (Å²) < 4.78 is 5.40. The Morgan fingerprint density at radius 1 is 1.11 bits per heavy atom. The summed E-state index contributed by atoms with van der Waals surface area (Å²) in [5, 5.41) is 5.00. The van der Waals surface area contributed by atoms with Crippen molar-refractivity contribution in [3.8, 4) is 0 Å². The van der Waals surface area contributed by atoms with Crippen LogP contribution in [0, 0.1) is 0 Å². The molecule has 0 amide bonds. The average Bonchev–Trinajstić information content (AvgIpc) is 3.13. The molecule has 0 radical (unpaired) electrons. The van der Waals surface area contributed by atoms with E-state index in [1.165, 1.54) is 0 Å². The molecule has 1 N–H and O–H groups in total. The van der Waals surface area contributed by atoms with E-state index in [1.807, 2.05) is 30.5 Å². The number of anilines is 2. The number of halogens is 2. The first-order chi connectivity index (χ1) is 13.2. The molecule has 0 spiro atoms. The standard InChI is InChI=1S/C19H23Cl2N5O/c20-16-2-1-3-17(21)15(16)13-25-7-5-14(12-25)23-18-4-6-22-19(24-18)26-8-10-27-11-9-26/h1-4,6,14H,5,7-13H2,(H,22,23,24). The predicted octanol–water partition coefficient (Wildman–Crippen LogP) is 3.31. The Labute approximate surface area is 169 Å². The highest BCUT2D eigenvalue weighted by Crippen LogP contribution is 2.27. The van der Waals surface area contributed by atoms with Gasteiger partial charge in [-0.2, -0.15) is 4.98 Å². The van der Waals surface area contributed by atoms with Crippen LogP contribution in [0.4, 0.5) is 11.8 Å². The molecule has 6 nitrogen and oxygen atoms in total. The quantitative estimate of drug-likeness (QED) is 0.820. The lowest BCUT2D eigenvalue weighted by molar-refractivity contribution is 0.122. The van der Waals surface area contributed by atoms with E-state index in [9.17, 15) is 0 Å². The number of benzene rings is 1. The fourth-order valence-electron chi connectivity index (χ4n) is 3.55. The maximum absolute atomic E-state index is 6.31. The summed E-state index contributed by atoms with van der Waals surface area (Å²) >= 11 is 12.6. The number of likely N-dealkylation sites (tertiary alicyclic amines) is 1. The maximum atomic E-state index is 6.31. The average molecular weight is 408 g/mol. The van der Waals surface area contributed by atoms with Crippen molar-refractivity contribution in [2.75, 3.05) is 49.6 Å². The van der Waals surface area contributed by atoms with Crippen molar-refractivity contribution in [2.24, 2.45) is 0 Å². The Bertz CT molecular complexity index is 764. The van der Waals surface area contributed by atoms with Crippen LogP contribution in [-0.2, 0) is 11.3 Å². The van der Waals surface area contributed by atoms with E-state index in [0.717, 1.165) is 79.7 Å². The first kappa shape index (κ1) is 18.7. The van der Waals surface area contributed by atoms with Gasteiger partial charge < -0.3 is 15.0 Å². The molecular weight excluding hydrogens is 385 g/mol. The van der Waals surface area contributed by atoms with Crippen molar-refractivity contribution in [1.29, 1.82) is 0 Å². The lowest BCUT2D eigenvalue weighted by atomic mass is 10.2. The second-order valence-electron chi connectivity index (χ2n) is 6.91. The lowest BCUT2D eigenvalue weighted by Crippen LogP contribution is -2.37. The largest absolute Gasteiger partial charge is 0.378 e. The van der Waals surface area contributed by atoms with Gasteiger partial charge in [-0.1, -0.05) is 29.3 Å². The Kier molecular flexibility index (Phi) is 5.98. The van der Waals surface area contributed by atoms with Gasteiger partial charge in [-0.15, -0.1) is 0 Å². The molecule has 1 atom stereocenters. The van der Waals surface area contributed by atoms with E-state index < -0.39 is 0 Å². The van der Waals surface area contributed by atoms with Gasteiger partial charge in [0.1, 0.15) is 5.82 Å². The molecule has 3 heterocycles. The normalized spacial score (nSPS) is 20.8. The zero-order valence-electron chi connectivity index (χ0n) is 15.1. The van der Waals surface area contributed by atoms with Crippen molar-refractivity contribution in [3.63, 3.8) is 0 Å². The second-order valence-corrected chi connectivity index (χ2v) is 7.72. The van der Waals surface area contributed by atoms with E-state index in [2.05, 4.69) is 25.1 Å². The van der Waals surface area contributed by atoms with Crippen LogP contribution in [0.5, 0.6) is 0 Å². The minimum absolute atomic E-state index is 0.346. The second kappa shape index (κ2) is 8.61. The summed E-state index contributed by atoms with van der Waals surface area (Å²) in [5.74, 6) is 1.63. The van der Waals surface area contributed by atoms with Crippen molar-refractivity contribution in [2.45, 2.75) is 19.0 Å². The number of hydrogen-bond donors (Lipinski definition) is 1. The molecule has 4 rings (SSSR count). The Morgan fingerprint density at radius 3 is 2.67 bits per heavy atom. The van der Waals surface area contributed by atoms with Crippen LogP contribution < -0.4 is 10.2 Å². The molecule has 27 heavy (non-hydrogen) atoms. The first-order valence-electron chi connectivity index (χ1n) is 9.26. The van der Waals surface area contributed by atoms with Crippen molar-refractivity contribution < 1.29 is 4.74 Å². The van der Waals surface area contributed by atoms with Crippen molar-refractivity contribution >= 4 is 35.0 Å². The molecule has 2 aliphatic heterocycles. The van der Waals surface area contributed by atoms with Gasteiger partial charge in [0.25, 0.3) is 0 Å². The molecule has 1 aromatic carbocycles. The highest BCUT2D eigenvalue weighted by atomic mass is 35.5. The molecule has 2 saturated heterocycles. The van der Waals surface area contributed by atoms with Gasteiger partial charge in [0.15, 0.2) is 0 Å². The lowest BCUT2D eigenvalue weighted by Gasteiger charge is -2.27. The highest BCUT2D eigenvalue weighted by molar-refractivity contribution is 6.35. The topological polar surface area (TPSA) is 53.5 Å². The first-order valence-corrected chi connectivity index (χ1v) is 10.0. The number of rotatable bonds is 5. The fourth-order valence-corrected chi connectivity index (χ4v) is 4.07. The number of hydrogen-bond acceptors (Lipinski definition) is 6. The number of nitrogens with zero attached hydrogens (tertiary/aromatic N) is 4. The molecule has 2 fully saturated rings. The van der Waals surface area contributed by atoms with E-state index in [-0.39, 0.29) is 0 Å². The molecule has 1 unspecified atom stereocenters. The van der Waals surface area contributed by atoms with Gasteiger partial charge in [0, 0.05) is 60.6 Å². The van der Waals surface area contributed by atoms with E-state index in [1.54, 1.807) is 0 Å². The van der Waals surface area contributed by atoms with Crippen LogP contribution in [0.25, 0.3) is 0 Å². The highest BCUT2D eigenvalue weighted by Gasteiger charge is 2.24. The summed E-state index contributed by atoms with van der Waals surface area (Å²) in [6.07, 6.45) is 2.87. The molecule has 144 valence electrons. The number of ether oxygens (including phenoxy) is 1. The third-order valence-electron chi connectivity index (χ3n) is 5.00. The van der Waals surface area contributed by atoms with Crippen LogP contribution >= 0.6 is 23.2 Å². The van der Waals surface area contributed by atoms with Gasteiger partial charge >= 0.3 is 0 Å². The van der Waals surface area contributed by atoms with Gasteiger partial charge in [0.05, 0.1) is 13.2 Å². The molecule has 0 aliphatic carbocycles. The SMILES string of the molecule is Clc1cccc(Cl)c1CN1CCC(Nc2ccnc(N3CCOCC3)n2)C1. The van der Waals surface area contributed by atoms with Crippen LogP contribution in [0.15, 0.2) is 30.5 Å². The summed E-state index contributed by atoms with van der Waals surface area (Å²) in [4.78, 5) is 13.6. The van der Waals surface area contributed by atoms with Crippen LogP contribution in [0.1, 0.15) is 12.0 Å². The maximum Gasteiger partial charge on any atom is 0.227 e. The van der Waals surface area contributed by atoms with E-state index >= 15 is 0 Å². The third-order valence-corrected chi connectivity index (χ3v) is 5.71. The number of morpholine rings is 1. The Hall–Kier alpha value is -1.60. The Balaban J connectivity index is 1.36. The number of nitrogens with one attached hydrogen (secondary N) is 1. The van der Waals surface area contributed by atoms with Crippen molar-refractivity contribution in [1.82, 2.24) is 14.9 Å². The predicted molar refractivity (Wildman–Crippen MR) is 109 cm³/mol. The van der Waals surface area contributed by atoms with Crippen LogP contribution in [0.2, 0.25) is 10.0 Å². The zero-order chi connectivity index (χ0) is 18.6. The van der Waals surface area contributed by atoms with E-state index in [0.29, 0.717) is 6.04 Å². The van der Waals surface area contributed by atoms with E-state index in [4.69, 9.17) is 27.9 Å². The minimum atomic E-state index is 0.346. The molecule has 1 aromatic heterocycles. The Morgan fingerprint density at radius 2 is 1.89 bits per heavy atom. The molecular formula is C19H23Cl2N5O. The van der Waals surface area contributed by atoms with Crippen molar-refractivity contribution in [3.05, 3.63) is 46.1 Å². The van der Waals surface area contributed by atoms with Gasteiger partial charge in [0.2, 0.25) is 5.95 Å². The third kappa shape index (κ3) is 4.63.